The van der Waals surface area contributed by atoms with Crippen molar-refractivity contribution in [2.75, 3.05) is 0 Å². The molecule has 106 valence electrons. The zero-order chi connectivity index (χ0) is 14.3. The molecule has 0 rings (SSSR count). The van der Waals surface area contributed by atoms with Crippen LogP contribution in [0.1, 0.15) is 60.3 Å². The van der Waals surface area contributed by atoms with Crippen LogP contribution in [-0.4, -0.2) is 23.0 Å². The number of carboxylic acid groups (broad SMARTS) is 1. The topological polar surface area (TPSA) is 66.4 Å². The van der Waals surface area contributed by atoms with E-state index in [0.717, 1.165) is 19.3 Å². The Morgan fingerprint density at radius 1 is 1.22 bits per heavy atom. The van der Waals surface area contributed by atoms with Crippen LogP contribution in [0.25, 0.3) is 0 Å². The summed E-state index contributed by atoms with van der Waals surface area (Å²) in [6.45, 7) is 10.0. The van der Waals surface area contributed by atoms with Crippen LogP contribution in [0, 0.1) is 11.3 Å². The summed E-state index contributed by atoms with van der Waals surface area (Å²) < 4.78 is 0. The minimum atomic E-state index is -0.948. The molecule has 1 amide bonds. The number of carboxylic acids is 1. The largest absolute Gasteiger partial charge is 0.480 e. The van der Waals surface area contributed by atoms with Crippen LogP contribution in [0.4, 0.5) is 0 Å². The molecule has 0 saturated carbocycles. The van der Waals surface area contributed by atoms with Crippen LogP contribution in [0.2, 0.25) is 0 Å². The maximum Gasteiger partial charge on any atom is 0.326 e. The Kier molecular flexibility index (Phi) is 6.96. The first kappa shape index (κ1) is 16.9. The summed E-state index contributed by atoms with van der Waals surface area (Å²) in [5, 5.41) is 11.8. The van der Waals surface area contributed by atoms with Gasteiger partial charge in [0, 0.05) is 5.92 Å². The molecule has 0 fully saturated rings. The van der Waals surface area contributed by atoms with Gasteiger partial charge < -0.3 is 10.4 Å². The molecule has 2 unspecified atom stereocenters. The number of nitrogens with one attached hydrogen (secondary N) is 1. The van der Waals surface area contributed by atoms with Gasteiger partial charge in [0.1, 0.15) is 6.04 Å². The van der Waals surface area contributed by atoms with Gasteiger partial charge in [0.05, 0.1) is 0 Å². The lowest BCUT2D eigenvalue weighted by molar-refractivity contribution is -0.142. The number of aliphatic carboxylic acids is 1. The van der Waals surface area contributed by atoms with E-state index in [-0.39, 0.29) is 17.2 Å². The van der Waals surface area contributed by atoms with Gasteiger partial charge in [-0.2, -0.15) is 0 Å². The van der Waals surface area contributed by atoms with Crippen LogP contribution >= 0.6 is 0 Å². The Labute approximate surface area is 110 Å². The number of carbonyl (C=O) groups excluding carboxylic acids is 1. The Morgan fingerprint density at radius 2 is 1.78 bits per heavy atom. The third-order valence-electron chi connectivity index (χ3n) is 2.97. The van der Waals surface area contributed by atoms with E-state index in [1.54, 1.807) is 0 Å². The van der Waals surface area contributed by atoms with Crippen LogP contribution in [0.15, 0.2) is 0 Å². The van der Waals surface area contributed by atoms with Crippen molar-refractivity contribution in [2.24, 2.45) is 11.3 Å². The van der Waals surface area contributed by atoms with Gasteiger partial charge in [-0.1, -0.05) is 41.0 Å². The summed E-state index contributed by atoms with van der Waals surface area (Å²) in [6.07, 6.45) is 2.96. The Hall–Kier alpha value is -1.06. The predicted octanol–water partition coefficient (Wildman–Crippen LogP) is 2.82. The van der Waals surface area contributed by atoms with Crippen molar-refractivity contribution in [1.82, 2.24) is 5.32 Å². The van der Waals surface area contributed by atoms with E-state index in [1.165, 1.54) is 0 Å². The highest BCUT2D eigenvalue weighted by Gasteiger charge is 2.24. The molecule has 2 N–H and O–H groups in total. The standard InChI is InChI=1S/C14H27NO3/c1-6-7-10(2)12(16)15-11(13(17)18)8-9-14(3,4)5/h10-11H,6-9H2,1-5H3,(H,15,16)(H,17,18). The average Bonchev–Trinajstić information content (AvgIpc) is 2.22. The summed E-state index contributed by atoms with van der Waals surface area (Å²) in [7, 11) is 0. The quantitative estimate of drug-likeness (QED) is 0.737. The first-order valence-electron chi connectivity index (χ1n) is 6.70. The van der Waals surface area contributed by atoms with Crippen LogP contribution in [0.3, 0.4) is 0 Å². The van der Waals surface area contributed by atoms with Crippen molar-refractivity contribution >= 4 is 11.9 Å². The van der Waals surface area contributed by atoms with E-state index in [4.69, 9.17) is 5.11 Å². The number of rotatable bonds is 7. The summed E-state index contributed by atoms with van der Waals surface area (Å²) in [5.74, 6) is -1.22. The van der Waals surface area contributed by atoms with Crippen LogP contribution < -0.4 is 5.32 Å². The second kappa shape index (κ2) is 7.39. The smallest absolute Gasteiger partial charge is 0.326 e. The van der Waals surface area contributed by atoms with Gasteiger partial charge in [-0.25, -0.2) is 4.79 Å². The molecule has 4 nitrogen and oxygen atoms in total. The summed E-state index contributed by atoms with van der Waals surface area (Å²) in [5.41, 5.74) is 0.0768. The molecule has 0 bridgehead atoms. The van der Waals surface area contributed by atoms with E-state index < -0.39 is 12.0 Å². The van der Waals surface area contributed by atoms with Crippen molar-refractivity contribution in [1.29, 1.82) is 0 Å². The van der Waals surface area contributed by atoms with Gasteiger partial charge in [-0.05, 0) is 24.7 Å². The van der Waals surface area contributed by atoms with Crippen LogP contribution in [0.5, 0.6) is 0 Å². The van der Waals surface area contributed by atoms with Crippen molar-refractivity contribution in [3.8, 4) is 0 Å². The highest BCUT2D eigenvalue weighted by Crippen LogP contribution is 2.21. The van der Waals surface area contributed by atoms with Gasteiger partial charge in [0.15, 0.2) is 0 Å². The summed E-state index contributed by atoms with van der Waals surface area (Å²) in [6, 6.07) is -0.768. The molecule has 18 heavy (non-hydrogen) atoms. The molecule has 0 aliphatic rings. The van der Waals surface area contributed by atoms with Crippen molar-refractivity contribution in [3.05, 3.63) is 0 Å². The molecule has 2 atom stereocenters. The number of hydrogen-bond acceptors (Lipinski definition) is 2. The molecule has 0 aliphatic heterocycles. The van der Waals surface area contributed by atoms with Crippen LogP contribution in [-0.2, 0) is 9.59 Å². The number of amides is 1. The fourth-order valence-corrected chi connectivity index (χ4v) is 1.71. The second-order valence-corrected chi connectivity index (χ2v) is 6.19. The summed E-state index contributed by atoms with van der Waals surface area (Å²) >= 11 is 0. The monoisotopic (exact) mass is 257 g/mol. The Bertz CT molecular complexity index is 281. The normalized spacial score (nSPS) is 14.9. The molecule has 0 saturated heterocycles. The number of hydrogen-bond donors (Lipinski definition) is 2. The van der Waals surface area contributed by atoms with Gasteiger partial charge in [-0.3, -0.25) is 4.79 Å². The fraction of sp³-hybridized carbons (Fsp3) is 0.857. The van der Waals surface area contributed by atoms with Gasteiger partial charge in [0.2, 0.25) is 5.91 Å². The SMILES string of the molecule is CCCC(C)C(=O)NC(CCC(C)(C)C)C(=O)O. The van der Waals surface area contributed by atoms with Gasteiger partial charge in [-0.15, -0.1) is 0 Å². The molecular formula is C14H27NO3. The Balaban J connectivity index is 4.36. The average molecular weight is 257 g/mol. The lowest BCUT2D eigenvalue weighted by Crippen LogP contribution is -2.43. The third-order valence-corrected chi connectivity index (χ3v) is 2.97. The second-order valence-electron chi connectivity index (χ2n) is 6.19. The first-order valence-corrected chi connectivity index (χ1v) is 6.70. The lowest BCUT2D eigenvalue weighted by Gasteiger charge is -2.22. The highest BCUT2D eigenvalue weighted by molar-refractivity contribution is 5.84. The molecular weight excluding hydrogens is 230 g/mol. The molecule has 0 aromatic carbocycles. The van der Waals surface area contributed by atoms with Crippen molar-refractivity contribution in [2.45, 2.75) is 66.3 Å². The molecule has 0 aliphatic carbocycles. The fourth-order valence-electron chi connectivity index (χ4n) is 1.71. The molecule has 0 aromatic heterocycles. The van der Waals surface area contributed by atoms with Gasteiger partial charge >= 0.3 is 5.97 Å². The van der Waals surface area contributed by atoms with E-state index in [9.17, 15) is 9.59 Å². The van der Waals surface area contributed by atoms with E-state index in [1.807, 2.05) is 13.8 Å². The molecule has 4 heteroatoms. The summed E-state index contributed by atoms with van der Waals surface area (Å²) in [4.78, 5) is 22.9. The predicted molar refractivity (Wildman–Crippen MR) is 72.3 cm³/mol. The third kappa shape index (κ3) is 7.30. The minimum absolute atomic E-state index is 0.0768. The number of carbonyl (C=O) groups is 2. The van der Waals surface area contributed by atoms with Crippen molar-refractivity contribution < 1.29 is 14.7 Å². The lowest BCUT2D eigenvalue weighted by atomic mass is 9.88. The Morgan fingerprint density at radius 3 is 2.17 bits per heavy atom. The van der Waals surface area contributed by atoms with E-state index >= 15 is 0 Å². The molecule has 0 spiro atoms. The molecule has 0 heterocycles. The molecule has 0 radical (unpaired) electrons. The van der Waals surface area contributed by atoms with E-state index in [2.05, 4.69) is 26.1 Å². The zero-order valence-corrected chi connectivity index (χ0v) is 12.2. The minimum Gasteiger partial charge on any atom is -0.480 e. The van der Waals surface area contributed by atoms with Crippen molar-refractivity contribution in [3.63, 3.8) is 0 Å². The maximum atomic E-state index is 11.8. The first-order chi connectivity index (χ1) is 8.17. The van der Waals surface area contributed by atoms with Gasteiger partial charge in [0.25, 0.3) is 0 Å². The maximum absolute atomic E-state index is 11.8. The molecule has 0 aromatic rings. The zero-order valence-electron chi connectivity index (χ0n) is 12.2. The highest BCUT2D eigenvalue weighted by atomic mass is 16.4. The van der Waals surface area contributed by atoms with E-state index in [0.29, 0.717) is 6.42 Å².